The summed E-state index contributed by atoms with van der Waals surface area (Å²) < 4.78 is 15.1. The molecule has 0 aromatic rings. The van der Waals surface area contributed by atoms with Gasteiger partial charge in [0.25, 0.3) is 0 Å². The second-order valence-electron chi connectivity index (χ2n) is 4.99. The maximum atomic E-state index is 11.7. The van der Waals surface area contributed by atoms with E-state index >= 15 is 0 Å². The highest BCUT2D eigenvalue weighted by atomic mass is 16.6. The first-order valence-electron chi connectivity index (χ1n) is 8.04. The van der Waals surface area contributed by atoms with Gasteiger partial charge in [-0.2, -0.15) is 0 Å². The number of carbonyl (C=O) groups excluding carboxylic acids is 3. The van der Waals surface area contributed by atoms with Crippen LogP contribution in [0.15, 0.2) is 0 Å². The molecule has 0 amide bonds. The summed E-state index contributed by atoms with van der Waals surface area (Å²) >= 11 is 0. The van der Waals surface area contributed by atoms with Gasteiger partial charge in [-0.05, 0) is 6.42 Å². The molecule has 128 valence electrons. The van der Waals surface area contributed by atoms with Crippen molar-refractivity contribution in [2.45, 2.75) is 71.8 Å². The van der Waals surface area contributed by atoms with Crippen molar-refractivity contribution in [2.24, 2.45) is 0 Å². The lowest BCUT2D eigenvalue weighted by Crippen LogP contribution is -2.28. The molecule has 22 heavy (non-hydrogen) atoms. The zero-order chi connectivity index (χ0) is 16.8. The maximum Gasteiger partial charge on any atom is 0.309 e. The molecule has 0 saturated heterocycles. The highest BCUT2D eigenvalue weighted by molar-refractivity contribution is 5.73. The van der Waals surface area contributed by atoms with Crippen LogP contribution in [0.2, 0.25) is 0 Å². The predicted octanol–water partition coefficient (Wildman–Crippen LogP) is 2.78. The summed E-state index contributed by atoms with van der Waals surface area (Å²) in [5.41, 5.74) is 0. The largest absolute Gasteiger partial charge is 0.466 e. The molecule has 0 aliphatic heterocycles. The quantitative estimate of drug-likeness (QED) is 0.313. The van der Waals surface area contributed by atoms with Gasteiger partial charge in [0, 0.05) is 12.8 Å². The van der Waals surface area contributed by atoms with Gasteiger partial charge in [0.2, 0.25) is 0 Å². The monoisotopic (exact) mass is 316 g/mol. The van der Waals surface area contributed by atoms with Crippen LogP contribution in [-0.2, 0) is 28.6 Å². The first-order valence-corrected chi connectivity index (χ1v) is 8.04. The van der Waals surface area contributed by atoms with Crippen molar-refractivity contribution >= 4 is 17.9 Å². The van der Waals surface area contributed by atoms with Crippen molar-refractivity contribution < 1.29 is 28.6 Å². The van der Waals surface area contributed by atoms with Crippen molar-refractivity contribution in [1.29, 1.82) is 0 Å². The zero-order valence-electron chi connectivity index (χ0n) is 13.9. The minimum Gasteiger partial charge on any atom is -0.466 e. The molecule has 1 unspecified atom stereocenters. The van der Waals surface area contributed by atoms with Crippen molar-refractivity contribution in [3.63, 3.8) is 0 Å². The smallest absolute Gasteiger partial charge is 0.309 e. The fourth-order valence-corrected chi connectivity index (χ4v) is 1.65. The Morgan fingerprint density at radius 2 is 1.50 bits per heavy atom. The first kappa shape index (κ1) is 20.4. The molecule has 0 N–H and O–H groups in total. The van der Waals surface area contributed by atoms with Crippen LogP contribution in [0, 0.1) is 0 Å². The molecule has 0 aromatic carbocycles. The van der Waals surface area contributed by atoms with Crippen LogP contribution in [0.5, 0.6) is 0 Å². The molecule has 0 spiro atoms. The van der Waals surface area contributed by atoms with E-state index in [4.69, 9.17) is 14.2 Å². The number of rotatable bonds is 12. The maximum absolute atomic E-state index is 11.7. The third-order valence-electron chi connectivity index (χ3n) is 2.96. The molecule has 0 fully saturated rings. The van der Waals surface area contributed by atoms with Crippen LogP contribution in [0.4, 0.5) is 0 Å². The normalized spacial score (nSPS) is 11.6. The standard InChI is InChI=1S/C16H28O6/c1-4-7-8-9-10-20-16(19)11-13(22-15(18)6-3)12-21-14(17)5-2/h13H,4-12H2,1-3H3. The molecule has 0 saturated carbocycles. The van der Waals surface area contributed by atoms with Crippen molar-refractivity contribution in [3.05, 3.63) is 0 Å². The summed E-state index contributed by atoms with van der Waals surface area (Å²) in [5.74, 6) is -1.28. The first-order chi connectivity index (χ1) is 10.5. The van der Waals surface area contributed by atoms with E-state index in [9.17, 15) is 14.4 Å². The molecule has 1 atom stereocenters. The van der Waals surface area contributed by atoms with E-state index in [0.717, 1.165) is 25.7 Å². The molecular formula is C16H28O6. The Balaban J connectivity index is 4.15. The summed E-state index contributed by atoms with van der Waals surface area (Å²) in [6, 6.07) is 0. The molecule has 0 aromatic heterocycles. The summed E-state index contributed by atoms with van der Waals surface area (Å²) in [6.45, 7) is 5.67. The van der Waals surface area contributed by atoms with E-state index in [1.807, 2.05) is 0 Å². The van der Waals surface area contributed by atoms with E-state index in [1.165, 1.54) is 0 Å². The van der Waals surface area contributed by atoms with Gasteiger partial charge in [-0.1, -0.05) is 40.0 Å². The van der Waals surface area contributed by atoms with Gasteiger partial charge in [-0.15, -0.1) is 0 Å². The van der Waals surface area contributed by atoms with Gasteiger partial charge in [0.05, 0.1) is 13.0 Å². The fraction of sp³-hybridized carbons (Fsp3) is 0.812. The van der Waals surface area contributed by atoms with Gasteiger partial charge in [-0.25, -0.2) is 0 Å². The molecule has 0 rings (SSSR count). The van der Waals surface area contributed by atoms with Gasteiger partial charge < -0.3 is 14.2 Å². The lowest BCUT2D eigenvalue weighted by atomic mass is 10.2. The van der Waals surface area contributed by atoms with E-state index in [0.29, 0.717) is 6.61 Å². The van der Waals surface area contributed by atoms with Gasteiger partial charge in [-0.3, -0.25) is 14.4 Å². The van der Waals surface area contributed by atoms with Crippen LogP contribution in [0.3, 0.4) is 0 Å². The Hall–Kier alpha value is -1.59. The second-order valence-corrected chi connectivity index (χ2v) is 4.99. The van der Waals surface area contributed by atoms with Crippen LogP contribution in [0.25, 0.3) is 0 Å². The van der Waals surface area contributed by atoms with Crippen molar-refractivity contribution in [2.75, 3.05) is 13.2 Å². The Morgan fingerprint density at radius 1 is 0.818 bits per heavy atom. The average molecular weight is 316 g/mol. The molecule has 0 heterocycles. The fourth-order valence-electron chi connectivity index (χ4n) is 1.65. The minimum atomic E-state index is -0.786. The Labute approximate surface area is 132 Å². The lowest BCUT2D eigenvalue weighted by Gasteiger charge is -2.17. The van der Waals surface area contributed by atoms with Gasteiger partial charge >= 0.3 is 17.9 Å². The van der Waals surface area contributed by atoms with E-state index < -0.39 is 24.0 Å². The summed E-state index contributed by atoms with van der Waals surface area (Å²) in [7, 11) is 0. The summed E-state index contributed by atoms with van der Waals surface area (Å²) in [4.78, 5) is 34.2. The van der Waals surface area contributed by atoms with Crippen LogP contribution in [0.1, 0.15) is 65.7 Å². The third kappa shape index (κ3) is 11.1. The Bertz CT molecular complexity index is 340. The molecule has 0 aliphatic carbocycles. The number of hydrogen-bond donors (Lipinski definition) is 0. The molecule has 0 radical (unpaired) electrons. The molecular weight excluding hydrogens is 288 g/mol. The predicted molar refractivity (Wildman–Crippen MR) is 81.1 cm³/mol. The van der Waals surface area contributed by atoms with E-state index in [2.05, 4.69) is 6.92 Å². The molecule has 0 aliphatic rings. The Kier molecular flexibility index (Phi) is 12.2. The lowest BCUT2D eigenvalue weighted by molar-refractivity contribution is -0.163. The second kappa shape index (κ2) is 13.1. The van der Waals surface area contributed by atoms with Crippen LogP contribution < -0.4 is 0 Å². The number of carbonyl (C=O) groups is 3. The van der Waals surface area contributed by atoms with Crippen LogP contribution >= 0.6 is 0 Å². The Morgan fingerprint density at radius 3 is 2.09 bits per heavy atom. The number of unbranched alkanes of at least 4 members (excludes halogenated alkanes) is 3. The average Bonchev–Trinajstić information content (AvgIpc) is 2.51. The summed E-state index contributed by atoms with van der Waals surface area (Å²) in [5, 5.41) is 0. The molecule has 6 heteroatoms. The van der Waals surface area contributed by atoms with Crippen molar-refractivity contribution in [3.8, 4) is 0 Å². The molecule has 6 nitrogen and oxygen atoms in total. The zero-order valence-corrected chi connectivity index (χ0v) is 13.9. The number of hydrogen-bond acceptors (Lipinski definition) is 6. The van der Waals surface area contributed by atoms with E-state index in [1.54, 1.807) is 13.8 Å². The molecule has 0 bridgehead atoms. The third-order valence-corrected chi connectivity index (χ3v) is 2.96. The SMILES string of the molecule is CCCCCCOC(=O)CC(COC(=O)CC)OC(=O)CC. The van der Waals surface area contributed by atoms with Crippen molar-refractivity contribution in [1.82, 2.24) is 0 Å². The number of esters is 3. The van der Waals surface area contributed by atoms with E-state index in [-0.39, 0.29) is 25.9 Å². The summed E-state index contributed by atoms with van der Waals surface area (Å²) in [6.07, 6.45) is 3.62. The van der Waals surface area contributed by atoms with Gasteiger partial charge in [0.1, 0.15) is 12.7 Å². The highest BCUT2D eigenvalue weighted by Crippen LogP contribution is 2.06. The van der Waals surface area contributed by atoms with Crippen LogP contribution in [-0.4, -0.2) is 37.2 Å². The highest BCUT2D eigenvalue weighted by Gasteiger charge is 2.20. The number of ether oxygens (including phenoxy) is 3. The van der Waals surface area contributed by atoms with Gasteiger partial charge in [0.15, 0.2) is 0 Å². The topological polar surface area (TPSA) is 78.9 Å². The minimum absolute atomic E-state index is 0.101.